The van der Waals surface area contributed by atoms with Gasteiger partial charge in [0, 0.05) is 16.3 Å². The van der Waals surface area contributed by atoms with Crippen molar-refractivity contribution in [2.75, 3.05) is 7.05 Å². The number of aromatic nitrogens is 1. The van der Waals surface area contributed by atoms with Crippen molar-refractivity contribution in [1.29, 1.82) is 0 Å². The number of hydrogen-bond donors (Lipinski definition) is 1. The van der Waals surface area contributed by atoms with Crippen molar-refractivity contribution in [3.05, 3.63) is 45.7 Å². The number of rotatable bonds is 6. The van der Waals surface area contributed by atoms with E-state index in [9.17, 15) is 4.39 Å². The highest BCUT2D eigenvalue weighted by Gasteiger charge is 2.13. The lowest BCUT2D eigenvalue weighted by molar-refractivity contribution is 0.626. The molecule has 0 radical (unpaired) electrons. The second kappa shape index (κ2) is 7.20. The quantitative estimate of drug-likeness (QED) is 0.800. The van der Waals surface area contributed by atoms with Crippen molar-refractivity contribution in [3.63, 3.8) is 0 Å². The van der Waals surface area contributed by atoms with E-state index in [1.807, 2.05) is 19.2 Å². The van der Waals surface area contributed by atoms with Crippen LogP contribution in [-0.4, -0.2) is 12.0 Å². The average molecular weight is 310 g/mol. The number of halogens is 1. The molecule has 1 heterocycles. The van der Waals surface area contributed by atoms with E-state index >= 15 is 0 Å². The van der Waals surface area contributed by atoms with Crippen LogP contribution in [0.25, 0.3) is 0 Å². The normalized spacial score (nSPS) is 11.2. The second-order valence-electron chi connectivity index (χ2n) is 4.84. The van der Waals surface area contributed by atoms with Gasteiger partial charge >= 0.3 is 0 Å². The summed E-state index contributed by atoms with van der Waals surface area (Å²) in [4.78, 5) is 7.13. The molecule has 0 atom stereocenters. The van der Waals surface area contributed by atoms with E-state index in [0.717, 1.165) is 22.2 Å². The summed E-state index contributed by atoms with van der Waals surface area (Å²) in [5, 5.41) is 4.33. The largest absolute Gasteiger partial charge is 0.315 e. The van der Waals surface area contributed by atoms with Gasteiger partial charge in [0.05, 0.1) is 11.4 Å². The molecule has 2 aromatic rings. The molecule has 2 rings (SSSR count). The molecule has 5 heteroatoms. The van der Waals surface area contributed by atoms with Crippen molar-refractivity contribution in [2.24, 2.45) is 0 Å². The van der Waals surface area contributed by atoms with Gasteiger partial charge < -0.3 is 5.32 Å². The molecule has 2 nitrogen and oxygen atoms in total. The summed E-state index contributed by atoms with van der Waals surface area (Å²) in [6.45, 7) is 5.21. The predicted octanol–water partition coefficient (Wildman–Crippen LogP) is 4.42. The average Bonchev–Trinajstić information content (AvgIpc) is 2.82. The van der Waals surface area contributed by atoms with Crippen molar-refractivity contribution in [1.82, 2.24) is 10.3 Å². The van der Waals surface area contributed by atoms with Crippen LogP contribution >= 0.6 is 23.1 Å². The fraction of sp³-hybridized carbons (Fsp3) is 0.400. The summed E-state index contributed by atoms with van der Waals surface area (Å²) < 4.78 is 12.9. The molecule has 0 saturated heterocycles. The molecule has 1 aromatic carbocycles. The van der Waals surface area contributed by atoms with Gasteiger partial charge in [0.15, 0.2) is 0 Å². The molecule has 20 heavy (non-hydrogen) atoms. The molecule has 0 aliphatic rings. The van der Waals surface area contributed by atoms with Crippen LogP contribution < -0.4 is 5.32 Å². The van der Waals surface area contributed by atoms with Crippen LogP contribution in [0.15, 0.2) is 29.2 Å². The van der Waals surface area contributed by atoms with E-state index < -0.39 is 0 Å². The van der Waals surface area contributed by atoms with Gasteiger partial charge in [-0.1, -0.05) is 13.8 Å². The van der Waals surface area contributed by atoms with Gasteiger partial charge in [0.25, 0.3) is 0 Å². The Hall–Kier alpha value is -0.910. The minimum absolute atomic E-state index is 0.193. The Bertz CT molecular complexity index is 550. The minimum atomic E-state index is -0.193. The van der Waals surface area contributed by atoms with Crippen molar-refractivity contribution < 1.29 is 4.39 Å². The highest BCUT2D eigenvalue weighted by molar-refractivity contribution is 7.98. The summed E-state index contributed by atoms with van der Waals surface area (Å²) in [5.41, 5.74) is 1.19. The first-order valence-corrected chi connectivity index (χ1v) is 8.41. The SMILES string of the molecule is CNCc1sc(CSc2ccc(F)cc2)nc1C(C)C. The molecule has 0 unspecified atom stereocenters. The molecule has 1 aromatic heterocycles. The van der Waals surface area contributed by atoms with Gasteiger partial charge in [-0.3, -0.25) is 0 Å². The molecule has 0 bridgehead atoms. The van der Waals surface area contributed by atoms with Crippen LogP contribution in [-0.2, 0) is 12.3 Å². The molecule has 108 valence electrons. The summed E-state index contributed by atoms with van der Waals surface area (Å²) in [6, 6.07) is 6.61. The Morgan fingerprint density at radius 3 is 2.60 bits per heavy atom. The van der Waals surface area contributed by atoms with Crippen LogP contribution in [0, 0.1) is 5.82 Å². The highest BCUT2D eigenvalue weighted by atomic mass is 32.2. The molecular weight excluding hydrogens is 291 g/mol. The second-order valence-corrected chi connectivity index (χ2v) is 7.06. The Kier molecular flexibility index (Phi) is 5.57. The molecule has 0 fully saturated rings. The zero-order chi connectivity index (χ0) is 14.5. The van der Waals surface area contributed by atoms with E-state index in [1.54, 1.807) is 23.1 Å². The Morgan fingerprint density at radius 2 is 2.00 bits per heavy atom. The number of nitrogens with zero attached hydrogens (tertiary/aromatic N) is 1. The fourth-order valence-corrected chi connectivity index (χ4v) is 4.02. The Labute approximate surface area is 127 Å². The molecule has 0 spiro atoms. The summed E-state index contributed by atoms with van der Waals surface area (Å²) >= 11 is 3.46. The third kappa shape index (κ3) is 4.04. The maximum Gasteiger partial charge on any atom is 0.123 e. The van der Waals surface area contributed by atoms with Gasteiger partial charge in [0.1, 0.15) is 10.8 Å². The monoisotopic (exact) mass is 310 g/mol. The lowest BCUT2D eigenvalue weighted by atomic mass is 10.1. The zero-order valence-electron chi connectivity index (χ0n) is 11.9. The van der Waals surface area contributed by atoms with Gasteiger partial charge in [-0.25, -0.2) is 9.37 Å². The highest BCUT2D eigenvalue weighted by Crippen LogP contribution is 2.30. The van der Waals surface area contributed by atoms with E-state index in [1.165, 1.54) is 22.7 Å². The van der Waals surface area contributed by atoms with E-state index in [4.69, 9.17) is 4.98 Å². The van der Waals surface area contributed by atoms with Crippen LogP contribution in [0.2, 0.25) is 0 Å². The minimum Gasteiger partial charge on any atom is -0.315 e. The maximum absolute atomic E-state index is 12.9. The lowest BCUT2D eigenvalue weighted by Crippen LogP contribution is -2.06. The maximum atomic E-state index is 12.9. The molecule has 0 amide bonds. The van der Waals surface area contributed by atoms with Crippen molar-refractivity contribution >= 4 is 23.1 Å². The summed E-state index contributed by atoms with van der Waals surface area (Å²) in [5.74, 6) is 1.08. The fourth-order valence-electron chi connectivity index (χ4n) is 1.89. The summed E-state index contributed by atoms with van der Waals surface area (Å²) in [7, 11) is 1.96. The number of hydrogen-bond acceptors (Lipinski definition) is 4. The Balaban J connectivity index is 2.05. The van der Waals surface area contributed by atoms with Crippen LogP contribution in [0.3, 0.4) is 0 Å². The number of thioether (sulfide) groups is 1. The molecule has 0 saturated carbocycles. The standard InChI is InChI=1S/C15H19FN2S2/c1-10(2)15-13(8-17-3)20-14(18-15)9-19-12-6-4-11(16)5-7-12/h4-7,10,17H,8-9H2,1-3H3. The first-order chi connectivity index (χ1) is 9.60. The third-order valence-corrected chi connectivity index (χ3v) is 5.11. The molecular formula is C15H19FN2S2. The smallest absolute Gasteiger partial charge is 0.123 e. The van der Waals surface area contributed by atoms with Gasteiger partial charge in [0.2, 0.25) is 0 Å². The first-order valence-electron chi connectivity index (χ1n) is 6.61. The molecule has 1 N–H and O–H groups in total. The lowest BCUT2D eigenvalue weighted by Gasteiger charge is -2.03. The third-order valence-electron chi connectivity index (χ3n) is 2.83. The van der Waals surface area contributed by atoms with Crippen LogP contribution in [0.5, 0.6) is 0 Å². The van der Waals surface area contributed by atoms with E-state index in [-0.39, 0.29) is 5.82 Å². The topological polar surface area (TPSA) is 24.9 Å². The zero-order valence-corrected chi connectivity index (χ0v) is 13.6. The number of thiazole rings is 1. The van der Waals surface area contributed by atoms with Crippen LogP contribution in [0.1, 0.15) is 35.3 Å². The number of nitrogens with one attached hydrogen (secondary N) is 1. The van der Waals surface area contributed by atoms with E-state index in [0.29, 0.717) is 5.92 Å². The van der Waals surface area contributed by atoms with E-state index in [2.05, 4.69) is 19.2 Å². The van der Waals surface area contributed by atoms with Crippen molar-refractivity contribution in [3.8, 4) is 0 Å². The molecule has 0 aliphatic heterocycles. The van der Waals surface area contributed by atoms with Crippen molar-refractivity contribution in [2.45, 2.75) is 37.0 Å². The predicted molar refractivity (Wildman–Crippen MR) is 84.9 cm³/mol. The Morgan fingerprint density at radius 1 is 1.30 bits per heavy atom. The first kappa shape index (κ1) is 15.5. The van der Waals surface area contributed by atoms with Gasteiger partial charge in [-0.15, -0.1) is 23.1 Å². The van der Waals surface area contributed by atoms with Crippen LogP contribution in [0.4, 0.5) is 4.39 Å². The molecule has 0 aliphatic carbocycles. The number of benzene rings is 1. The summed E-state index contributed by atoms with van der Waals surface area (Å²) in [6.07, 6.45) is 0. The van der Waals surface area contributed by atoms with Gasteiger partial charge in [-0.05, 0) is 37.2 Å². The van der Waals surface area contributed by atoms with Gasteiger partial charge in [-0.2, -0.15) is 0 Å².